The Labute approximate surface area is 121 Å². The van der Waals surface area contributed by atoms with E-state index in [2.05, 4.69) is 15.4 Å². The molecule has 4 nitrogen and oxygen atoms in total. The first-order valence-electron chi connectivity index (χ1n) is 6.73. The third kappa shape index (κ3) is 8.19. The van der Waals surface area contributed by atoms with Crippen LogP contribution in [0.25, 0.3) is 0 Å². The molecule has 2 N–H and O–H groups in total. The monoisotopic (exact) mass is 304 g/mol. The van der Waals surface area contributed by atoms with Crippen LogP contribution in [0.1, 0.15) is 18.9 Å². The van der Waals surface area contributed by atoms with E-state index >= 15 is 0 Å². The minimum absolute atomic E-state index is 0.0801. The van der Waals surface area contributed by atoms with Gasteiger partial charge in [-0.15, -0.1) is 13.2 Å². The highest BCUT2D eigenvalue weighted by Crippen LogP contribution is 2.22. The van der Waals surface area contributed by atoms with Crippen molar-refractivity contribution in [1.82, 2.24) is 10.6 Å². The van der Waals surface area contributed by atoms with Gasteiger partial charge in [-0.25, -0.2) is 0 Å². The molecule has 0 aromatic heterocycles. The minimum Gasteiger partial charge on any atom is -0.406 e. The Morgan fingerprint density at radius 2 is 1.86 bits per heavy atom. The van der Waals surface area contributed by atoms with Crippen LogP contribution in [0.3, 0.4) is 0 Å². The van der Waals surface area contributed by atoms with Gasteiger partial charge < -0.3 is 15.4 Å². The van der Waals surface area contributed by atoms with Crippen molar-refractivity contribution in [1.29, 1.82) is 0 Å². The Hall–Kier alpha value is -1.76. The molecule has 1 aromatic carbocycles. The maximum absolute atomic E-state index is 12.0. The Balaban J connectivity index is 2.30. The Morgan fingerprint density at radius 1 is 1.19 bits per heavy atom. The number of nitrogens with one attached hydrogen (secondary N) is 2. The second-order valence-corrected chi connectivity index (χ2v) is 4.40. The van der Waals surface area contributed by atoms with Crippen LogP contribution >= 0.6 is 0 Å². The van der Waals surface area contributed by atoms with Crippen molar-refractivity contribution < 1.29 is 22.7 Å². The molecule has 0 aliphatic heterocycles. The van der Waals surface area contributed by atoms with E-state index in [1.165, 1.54) is 24.3 Å². The zero-order valence-electron chi connectivity index (χ0n) is 11.8. The van der Waals surface area contributed by atoms with E-state index in [1.807, 2.05) is 6.92 Å². The van der Waals surface area contributed by atoms with E-state index < -0.39 is 6.36 Å². The van der Waals surface area contributed by atoms with Crippen LogP contribution < -0.4 is 15.4 Å². The normalized spacial score (nSPS) is 11.2. The molecule has 0 saturated carbocycles. The lowest BCUT2D eigenvalue weighted by atomic mass is 10.1. The topological polar surface area (TPSA) is 50.4 Å². The van der Waals surface area contributed by atoms with Crippen molar-refractivity contribution in [3.8, 4) is 5.75 Å². The molecular formula is C14H19F3N2O2. The van der Waals surface area contributed by atoms with Gasteiger partial charge in [-0.05, 0) is 30.7 Å². The number of alkyl halides is 3. The van der Waals surface area contributed by atoms with Crippen molar-refractivity contribution in [2.45, 2.75) is 26.1 Å². The average Bonchev–Trinajstić information content (AvgIpc) is 2.41. The van der Waals surface area contributed by atoms with Crippen molar-refractivity contribution >= 4 is 5.91 Å². The highest BCUT2D eigenvalue weighted by molar-refractivity contribution is 5.76. The van der Waals surface area contributed by atoms with E-state index in [-0.39, 0.29) is 11.7 Å². The Bertz CT molecular complexity index is 433. The zero-order chi connectivity index (χ0) is 15.7. The molecule has 0 radical (unpaired) electrons. The van der Waals surface area contributed by atoms with Gasteiger partial charge >= 0.3 is 6.36 Å². The van der Waals surface area contributed by atoms with E-state index in [9.17, 15) is 18.0 Å². The average molecular weight is 304 g/mol. The van der Waals surface area contributed by atoms with Gasteiger partial charge in [0.2, 0.25) is 5.91 Å². The van der Waals surface area contributed by atoms with Crippen LogP contribution in [-0.4, -0.2) is 31.9 Å². The van der Waals surface area contributed by atoms with Gasteiger partial charge in [-0.1, -0.05) is 19.1 Å². The first kappa shape index (κ1) is 17.3. The predicted octanol–water partition coefficient (Wildman–Crippen LogP) is 2.24. The molecule has 0 spiro atoms. The summed E-state index contributed by atoms with van der Waals surface area (Å²) in [5.41, 5.74) is 0.784. The highest BCUT2D eigenvalue weighted by atomic mass is 19.4. The van der Waals surface area contributed by atoms with Gasteiger partial charge in [-0.3, -0.25) is 4.79 Å². The first-order chi connectivity index (χ1) is 9.90. The number of carbonyl (C=O) groups is 1. The lowest BCUT2D eigenvalue weighted by Gasteiger charge is -2.09. The van der Waals surface area contributed by atoms with Crippen LogP contribution in [-0.2, 0) is 11.2 Å². The number of rotatable bonds is 8. The molecule has 0 bridgehead atoms. The van der Waals surface area contributed by atoms with Crippen LogP contribution in [0.15, 0.2) is 24.3 Å². The number of ether oxygens (including phenoxy) is 1. The number of carbonyl (C=O) groups excluding carboxylic acids is 1. The molecule has 1 amide bonds. The summed E-state index contributed by atoms with van der Waals surface area (Å²) in [7, 11) is 0. The zero-order valence-corrected chi connectivity index (χ0v) is 11.8. The molecule has 1 rings (SSSR count). The molecule has 1 aromatic rings. The highest BCUT2D eigenvalue weighted by Gasteiger charge is 2.30. The number of hydrogen-bond donors (Lipinski definition) is 2. The standard InChI is InChI=1S/C14H19F3N2O2/c1-2-18-9-10-19-13(20)8-5-11-3-6-12(7-4-11)21-14(15,16)17/h3-4,6-7,18H,2,5,8-10H2,1H3,(H,19,20). The lowest BCUT2D eigenvalue weighted by molar-refractivity contribution is -0.274. The molecule has 0 aliphatic rings. The van der Waals surface area contributed by atoms with Crippen molar-refractivity contribution in [3.63, 3.8) is 0 Å². The SMILES string of the molecule is CCNCCNC(=O)CCc1ccc(OC(F)(F)F)cc1. The molecule has 0 unspecified atom stereocenters. The second kappa shape index (κ2) is 8.51. The summed E-state index contributed by atoms with van der Waals surface area (Å²) in [5.74, 6) is -0.343. The fourth-order valence-electron chi connectivity index (χ4n) is 1.67. The van der Waals surface area contributed by atoms with Gasteiger partial charge in [0.05, 0.1) is 0 Å². The van der Waals surface area contributed by atoms with Gasteiger partial charge in [-0.2, -0.15) is 0 Å². The summed E-state index contributed by atoms with van der Waals surface area (Å²) < 4.78 is 39.7. The van der Waals surface area contributed by atoms with Gasteiger partial charge in [0.1, 0.15) is 5.75 Å². The molecule has 0 aliphatic carbocycles. The molecule has 118 valence electrons. The number of aryl methyl sites for hydroxylation is 1. The molecule has 0 fully saturated rings. The van der Waals surface area contributed by atoms with Crippen LogP contribution in [0.4, 0.5) is 13.2 Å². The Morgan fingerprint density at radius 3 is 2.43 bits per heavy atom. The minimum atomic E-state index is -4.69. The molecule has 0 heterocycles. The number of halogens is 3. The van der Waals surface area contributed by atoms with Gasteiger partial charge in [0, 0.05) is 19.5 Å². The van der Waals surface area contributed by atoms with Crippen LogP contribution in [0.5, 0.6) is 5.75 Å². The maximum Gasteiger partial charge on any atom is 0.573 e. The molecule has 21 heavy (non-hydrogen) atoms. The summed E-state index contributed by atoms with van der Waals surface area (Å²) in [6.45, 7) is 4.10. The number of likely N-dealkylation sites (N-methyl/N-ethyl adjacent to an activating group) is 1. The number of amides is 1. The molecular weight excluding hydrogens is 285 g/mol. The fourth-order valence-corrected chi connectivity index (χ4v) is 1.67. The second-order valence-electron chi connectivity index (χ2n) is 4.40. The summed E-state index contributed by atoms with van der Waals surface area (Å²) in [5, 5.41) is 5.84. The molecule has 7 heteroatoms. The smallest absolute Gasteiger partial charge is 0.406 e. The lowest BCUT2D eigenvalue weighted by Crippen LogP contribution is -2.31. The fraction of sp³-hybridized carbons (Fsp3) is 0.500. The van der Waals surface area contributed by atoms with Crippen molar-refractivity contribution in [3.05, 3.63) is 29.8 Å². The van der Waals surface area contributed by atoms with E-state index in [0.29, 0.717) is 25.9 Å². The maximum atomic E-state index is 12.0. The number of benzene rings is 1. The van der Waals surface area contributed by atoms with E-state index in [4.69, 9.17) is 0 Å². The summed E-state index contributed by atoms with van der Waals surface area (Å²) in [6, 6.07) is 5.53. The summed E-state index contributed by atoms with van der Waals surface area (Å²) >= 11 is 0. The molecule has 0 atom stereocenters. The third-order valence-corrected chi connectivity index (χ3v) is 2.67. The largest absolute Gasteiger partial charge is 0.573 e. The molecule has 0 saturated heterocycles. The van der Waals surface area contributed by atoms with E-state index in [0.717, 1.165) is 12.1 Å². The quantitative estimate of drug-likeness (QED) is 0.724. The van der Waals surface area contributed by atoms with Crippen molar-refractivity contribution in [2.75, 3.05) is 19.6 Å². The summed E-state index contributed by atoms with van der Waals surface area (Å²) in [4.78, 5) is 11.5. The predicted molar refractivity (Wildman–Crippen MR) is 73.0 cm³/mol. The van der Waals surface area contributed by atoms with Crippen LogP contribution in [0, 0.1) is 0 Å². The third-order valence-electron chi connectivity index (χ3n) is 2.67. The first-order valence-corrected chi connectivity index (χ1v) is 6.73. The Kier molecular flexibility index (Phi) is 7.01. The van der Waals surface area contributed by atoms with Crippen molar-refractivity contribution in [2.24, 2.45) is 0 Å². The van der Waals surface area contributed by atoms with Gasteiger partial charge in [0.15, 0.2) is 0 Å². The number of hydrogen-bond acceptors (Lipinski definition) is 3. The summed E-state index contributed by atoms with van der Waals surface area (Å²) in [6.07, 6.45) is -3.92. The van der Waals surface area contributed by atoms with Crippen LogP contribution in [0.2, 0.25) is 0 Å². The van der Waals surface area contributed by atoms with Gasteiger partial charge in [0.25, 0.3) is 0 Å². The van der Waals surface area contributed by atoms with E-state index in [1.54, 1.807) is 0 Å².